The van der Waals surface area contributed by atoms with Gasteiger partial charge in [-0.15, -0.1) is 0 Å². The summed E-state index contributed by atoms with van der Waals surface area (Å²) in [6.45, 7) is 3.26. The normalized spacial score (nSPS) is 30.1. The zero-order chi connectivity index (χ0) is 22.9. The van der Waals surface area contributed by atoms with E-state index in [1.54, 1.807) is 18.1 Å². The summed E-state index contributed by atoms with van der Waals surface area (Å²) in [5, 5.41) is 2.35. The van der Waals surface area contributed by atoms with Crippen molar-refractivity contribution in [2.24, 2.45) is 5.92 Å². The van der Waals surface area contributed by atoms with Crippen LogP contribution in [0.1, 0.15) is 60.9 Å². The van der Waals surface area contributed by atoms with Crippen molar-refractivity contribution < 1.29 is 23.9 Å². The lowest BCUT2D eigenvalue weighted by Gasteiger charge is -2.42. The minimum atomic E-state index is -0.591. The quantitative estimate of drug-likeness (QED) is 0.634. The fourth-order valence-corrected chi connectivity index (χ4v) is 5.67. The van der Waals surface area contributed by atoms with Gasteiger partial charge in [0, 0.05) is 38.2 Å². The number of nitrogens with one attached hydrogen (secondary N) is 1. The first-order valence-electron chi connectivity index (χ1n) is 12.2. The molecule has 0 bridgehead atoms. The van der Waals surface area contributed by atoms with Crippen molar-refractivity contribution >= 4 is 17.7 Å². The van der Waals surface area contributed by atoms with Crippen molar-refractivity contribution in [1.29, 1.82) is 0 Å². The first-order chi connectivity index (χ1) is 16.0. The van der Waals surface area contributed by atoms with Crippen LogP contribution in [0.15, 0.2) is 18.2 Å². The third-order valence-corrected chi connectivity index (χ3v) is 7.70. The van der Waals surface area contributed by atoms with E-state index in [0.717, 1.165) is 49.6 Å². The molecular formula is C25H33N3O5. The minimum Gasteiger partial charge on any atom is -0.492 e. The smallest absolute Gasteiger partial charge is 0.255 e. The molecule has 178 valence electrons. The van der Waals surface area contributed by atoms with Gasteiger partial charge in [0.2, 0.25) is 11.8 Å². The highest BCUT2D eigenvalue weighted by Gasteiger charge is 2.39. The zero-order valence-corrected chi connectivity index (χ0v) is 19.3. The zero-order valence-electron chi connectivity index (χ0n) is 19.3. The van der Waals surface area contributed by atoms with Crippen molar-refractivity contribution in [2.45, 2.75) is 69.7 Å². The Kier molecular flexibility index (Phi) is 6.38. The topological polar surface area (TPSA) is 88.2 Å². The molecule has 8 nitrogen and oxygen atoms in total. The summed E-state index contributed by atoms with van der Waals surface area (Å²) in [6.07, 6.45) is 7.00. The summed E-state index contributed by atoms with van der Waals surface area (Å²) in [6, 6.07) is 5.41. The van der Waals surface area contributed by atoms with Gasteiger partial charge in [0.25, 0.3) is 5.91 Å². The molecule has 1 aromatic carbocycles. The largest absolute Gasteiger partial charge is 0.492 e. The fourth-order valence-electron chi connectivity index (χ4n) is 5.67. The van der Waals surface area contributed by atoms with Crippen LogP contribution in [0.5, 0.6) is 5.75 Å². The maximum Gasteiger partial charge on any atom is 0.255 e. The summed E-state index contributed by atoms with van der Waals surface area (Å²) < 4.78 is 11.6. The maximum absolute atomic E-state index is 12.9. The van der Waals surface area contributed by atoms with Crippen LogP contribution in [0, 0.1) is 5.92 Å². The van der Waals surface area contributed by atoms with E-state index < -0.39 is 6.04 Å². The molecule has 3 aliphatic heterocycles. The monoisotopic (exact) mass is 455 g/mol. The molecule has 1 unspecified atom stereocenters. The Bertz CT molecular complexity index is 929. The van der Waals surface area contributed by atoms with Gasteiger partial charge in [0.15, 0.2) is 0 Å². The summed E-state index contributed by atoms with van der Waals surface area (Å²) in [5.41, 5.74) is 1.49. The third-order valence-electron chi connectivity index (χ3n) is 7.70. The van der Waals surface area contributed by atoms with Crippen molar-refractivity contribution in [3.63, 3.8) is 0 Å². The van der Waals surface area contributed by atoms with Crippen molar-refractivity contribution in [1.82, 2.24) is 15.1 Å². The average Bonchev–Trinajstić information content (AvgIpc) is 3.10. The second-order valence-corrected chi connectivity index (χ2v) is 9.87. The van der Waals surface area contributed by atoms with E-state index in [2.05, 4.69) is 10.2 Å². The molecule has 2 atom stereocenters. The van der Waals surface area contributed by atoms with E-state index in [-0.39, 0.29) is 24.1 Å². The van der Waals surface area contributed by atoms with Gasteiger partial charge in [-0.05, 0) is 68.3 Å². The van der Waals surface area contributed by atoms with Gasteiger partial charge in [-0.2, -0.15) is 0 Å². The molecule has 4 aliphatic rings. The Morgan fingerprint density at radius 2 is 1.97 bits per heavy atom. The molecule has 3 heterocycles. The molecule has 1 aliphatic carbocycles. The number of carbonyl (C=O) groups excluding carboxylic acids is 3. The molecule has 1 aromatic rings. The Hall–Kier alpha value is -2.45. The summed E-state index contributed by atoms with van der Waals surface area (Å²) in [5.74, 6) is 0.674. The molecule has 33 heavy (non-hydrogen) atoms. The number of benzene rings is 1. The molecule has 0 spiro atoms. The molecule has 5 rings (SSSR count). The van der Waals surface area contributed by atoms with Gasteiger partial charge in [-0.25, -0.2) is 0 Å². The van der Waals surface area contributed by atoms with E-state index >= 15 is 0 Å². The standard InChI is InChI=1S/C25H33N3O5/c1-32-20-10-16(11-20)13-27-9-3-2-4-18(27)15-33-19-5-6-21-17(12-19)14-28(25(21)31)22-7-8-23(29)26-24(22)30/h5-6,12,16,18,20,22H,2-4,7-11,13-15H2,1H3,(H,26,29,30)/t16-,18-,20+,22?/m1/s1. The number of hydrogen-bond donors (Lipinski definition) is 1. The molecule has 0 aromatic heterocycles. The Balaban J connectivity index is 1.19. The number of methoxy groups -OCH3 is 1. The third kappa shape index (κ3) is 4.64. The van der Waals surface area contributed by atoms with Crippen molar-refractivity contribution in [2.75, 3.05) is 26.8 Å². The number of nitrogens with zero attached hydrogens (tertiary/aromatic N) is 2. The van der Waals surface area contributed by atoms with Gasteiger partial charge in [0.05, 0.1) is 6.10 Å². The second-order valence-electron chi connectivity index (χ2n) is 9.87. The van der Waals surface area contributed by atoms with E-state index in [0.29, 0.717) is 37.3 Å². The van der Waals surface area contributed by atoms with Crippen molar-refractivity contribution in [3.05, 3.63) is 29.3 Å². The number of fused-ring (bicyclic) bond motifs is 1. The van der Waals surface area contributed by atoms with E-state index in [9.17, 15) is 14.4 Å². The number of piperidine rings is 2. The van der Waals surface area contributed by atoms with Crippen LogP contribution in [0.4, 0.5) is 0 Å². The first kappa shape index (κ1) is 22.3. The fraction of sp³-hybridized carbons (Fsp3) is 0.640. The number of amides is 3. The van der Waals surface area contributed by atoms with Gasteiger partial charge in [-0.1, -0.05) is 6.42 Å². The molecule has 1 N–H and O–H groups in total. The molecule has 0 radical (unpaired) electrons. The van der Waals surface area contributed by atoms with Crippen molar-refractivity contribution in [3.8, 4) is 5.75 Å². The van der Waals surface area contributed by atoms with Gasteiger partial charge >= 0.3 is 0 Å². The van der Waals surface area contributed by atoms with Crippen LogP contribution in [-0.4, -0.2) is 72.5 Å². The lowest BCUT2D eigenvalue weighted by molar-refractivity contribution is -0.136. The Labute approximate surface area is 194 Å². The highest BCUT2D eigenvalue weighted by atomic mass is 16.5. The number of rotatable bonds is 7. The molecule has 1 saturated carbocycles. The number of imide groups is 1. The molecule has 3 amide bonds. The number of hydrogen-bond acceptors (Lipinski definition) is 6. The van der Waals surface area contributed by atoms with E-state index in [1.165, 1.54) is 12.8 Å². The highest BCUT2D eigenvalue weighted by molar-refractivity contribution is 6.05. The Morgan fingerprint density at radius 1 is 1.12 bits per heavy atom. The summed E-state index contributed by atoms with van der Waals surface area (Å²) >= 11 is 0. The highest BCUT2D eigenvalue weighted by Crippen LogP contribution is 2.33. The molecule has 2 saturated heterocycles. The second kappa shape index (κ2) is 9.43. The number of ether oxygens (including phenoxy) is 2. The average molecular weight is 456 g/mol. The molecular weight excluding hydrogens is 422 g/mol. The predicted octanol–water partition coefficient (Wildman–Crippen LogP) is 2.11. The van der Waals surface area contributed by atoms with E-state index in [4.69, 9.17) is 9.47 Å². The lowest BCUT2D eigenvalue weighted by atomic mass is 9.81. The summed E-state index contributed by atoms with van der Waals surface area (Å²) in [7, 11) is 1.80. The number of carbonyl (C=O) groups is 3. The number of likely N-dealkylation sites (tertiary alicyclic amines) is 1. The van der Waals surface area contributed by atoms with Crippen LogP contribution in [0.2, 0.25) is 0 Å². The van der Waals surface area contributed by atoms with Gasteiger partial charge < -0.3 is 14.4 Å². The van der Waals surface area contributed by atoms with Gasteiger partial charge in [0.1, 0.15) is 18.4 Å². The maximum atomic E-state index is 12.9. The Morgan fingerprint density at radius 3 is 2.76 bits per heavy atom. The van der Waals surface area contributed by atoms with Crippen LogP contribution >= 0.6 is 0 Å². The first-order valence-corrected chi connectivity index (χ1v) is 12.2. The SMILES string of the molecule is CO[C@H]1C[C@@H](CN2CCCC[C@@H]2COc2ccc3c(c2)CN(C2CCC(=O)NC2=O)C3=O)C1. The minimum absolute atomic E-state index is 0.153. The van der Waals surface area contributed by atoms with Crippen LogP contribution < -0.4 is 10.1 Å². The van der Waals surface area contributed by atoms with Gasteiger partial charge in [-0.3, -0.25) is 24.6 Å². The van der Waals surface area contributed by atoms with Crippen LogP contribution in [0.3, 0.4) is 0 Å². The van der Waals surface area contributed by atoms with Crippen LogP contribution in [-0.2, 0) is 20.9 Å². The van der Waals surface area contributed by atoms with Crippen LogP contribution in [0.25, 0.3) is 0 Å². The van der Waals surface area contributed by atoms with E-state index in [1.807, 2.05) is 12.1 Å². The molecule has 3 fully saturated rings. The lowest BCUT2D eigenvalue weighted by Crippen LogP contribution is -2.52. The summed E-state index contributed by atoms with van der Waals surface area (Å²) in [4.78, 5) is 40.7. The predicted molar refractivity (Wildman–Crippen MR) is 121 cm³/mol. The molecule has 8 heteroatoms.